The summed E-state index contributed by atoms with van der Waals surface area (Å²) in [6.07, 6.45) is 1.14. The highest BCUT2D eigenvalue weighted by atomic mass is 79.9. The van der Waals surface area contributed by atoms with Crippen molar-refractivity contribution in [1.82, 2.24) is 5.32 Å². The van der Waals surface area contributed by atoms with Gasteiger partial charge in [0.05, 0.1) is 18.6 Å². The smallest absolute Gasteiger partial charge is 0.336 e. The van der Waals surface area contributed by atoms with E-state index in [4.69, 9.17) is 14.2 Å². The second-order valence-electron chi connectivity index (χ2n) is 8.12. The molecule has 0 saturated heterocycles. The first-order chi connectivity index (χ1) is 13.2. The van der Waals surface area contributed by atoms with Crippen LogP contribution in [0.1, 0.15) is 45.1 Å². The molecule has 1 aromatic rings. The lowest BCUT2D eigenvalue weighted by Crippen LogP contribution is -2.38. The fraction of sp³-hybridized carbons (Fsp3) is 0.429. The maximum absolute atomic E-state index is 13.2. The van der Waals surface area contributed by atoms with Crippen LogP contribution in [0.25, 0.3) is 0 Å². The minimum absolute atomic E-state index is 0.0288. The number of allylic oxidation sites excluding steroid dienone is 3. The van der Waals surface area contributed by atoms with Crippen molar-refractivity contribution < 1.29 is 23.8 Å². The summed E-state index contributed by atoms with van der Waals surface area (Å²) in [4.78, 5) is 26.0. The summed E-state index contributed by atoms with van der Waals surface area (Å²) in [7, 11) is 1.35. The molecule has 1 aliphatic carbocycles. The Balaban J connectivity index is 1.99. The Morgan fingerprint density at radius 3 is 2.75 bits per heavy atom. The molecule has 0 radical (unpaired) electrons. The van der Waals surface area contributed by atoms with E-state index in [0.29, 0.717) is 34.8 Å². The lowest BCUT2D eigenvalue weighted by molar-refractivity contribution is -0.136. The summed E-state index contributed by atoms with van der Waals surface area (Å²) >= 11 is 3.60. The molecule has 148 valence electrons. The molecular formula is C21H22BrNO5. The number of esters is 1. The number of hydrogen-bond acceptors (Lipinski definition) is 6. The number of carbonyl (C=O) groups excluding carboxylic acids is 2. The SMILES string of the molecule is COC(=O)C1=C(C)NC2=C(C(=O)CC(C)(C)C2)C1c1c(Br)ccc2c1OCO2. The maximum atomic E-state index is 13.2. The van der Waals surface area contributed by atoms with E-state index in [9.17, 15) is 9.59 Å². The van der Waals surface area contributed by atoms with Gasteiger partial charge in [0.15, 0.2) is 17.3 Å². The van der Waals surface area contributed by atoms with Gasteiger partial charge in [-0.05, 0) is 30.9 Å². The molecule has 1 aromatic carbocycles. The molecule has 0 spiro atoms. The van der Waals surface area contributed by atoms with Crippen molar-refractivity contribution in [2.24, 2.45) is 5.41 Å². The van der Waals surface area contributed by atoms with Crippen molar-refractivity contribution in [3.8, 4) is 11.5 Å². The molecule has 2 heterocycles. The lowest BCUT2D eigenvalue weighted by Gasteiger charge is -2.39. The largest absolute Gasteiger partial charge is 0.466 e. The summed E-state index contributed by atoms with van der Waals surface area (Å²) < 4.78 is 17.1. The minimum atomic E-state index is -0.585. The normalized spacial score (nSPS) is 22.8. The number of benzene rings is 1. The van der Waals surface area contributed by atoms with Gasteiger partial charge < -0.3 is 19.5 Å². The van der Waals surface area contributed by atoms with Crippen molar-refractivity contribution in [1.29, 1.82) is 0 Å². The van der Waals surface area contributed by atoms with Crippen LogP contribution >= 0.6 is 15.9 Å². The van der Waals surface area contributed by atoms with Crippen molar-refractivity contribution in [2.45, 2.75) is 39.5 Å². The van der Waals surface area contributed by atoms with E-state index in [2.05, 4.69) is 35.1 Å². The molecule has 3 aliphatic rings. The van der Waals surface area contributed by atoms with Crippen molar-refractivity contribution >= 4 is 27.7 Å². The monoisotopic (exact) mass is 447 g/mol. The third-order valence-corrected chi connectivity index (χ3v) is 6.15. The molecule has 1 N–H and O–H groups in total. The fourth-order valence-corrected chi connectivity index (χ4v) is 4.89. The van der Waals surface area contributed by atoms with Crippen LogP contribution in [0.5, 0.6) is 11.5 Å². The Kier molecular flexibility index (Phi) is 4.53. The third kappa shape index (κ3) is 2.92. The number of Topliss-reactive ketones (excluding diaryl/α,β-unsaturated/α-hetero) is 1. The highest BCUT2D eigenvalue weighted by Gasteiger charge is 2.45. The number of hydrogen-bond donors (Lipinski definition) is 1. The highest BCUT2D eigenvalue weighted by Crippen LogP contribution is 2.53. The fourth-order valence-electron chi connectivity index (χ4n) is 4.34. The number of carbonyl (C=O) groups is 2. The Morgan fingerprint density at radius 1 is 1.29 bits per heavy atom. The summed E-state index contributed by atoms with van der Waals surface area (Å²) in [6, 6.07) is 3.67. The summed E-state index contributed by atoms with van der Waals surface area (Å²) in [6.45, 7) is 6.09. The first-order valence-corrected chi connectivity index (χ1v) is 9.93. The number of ketones is 1. The molecule has 4 rings (SSSR count). The molecule has 0 saturated carbocycles. The predicted octanol–water partition coefficient (Wildman–Crippen LogP) is 3.95. The van der Waals surface area contributed by atoms with E-state index in [1.807, 2.05) is 19.1 Å². The van der Waals surface area contributed by atoms with E-state index in [1.165, 1.54) is 7.11 Å². The van der Waals surface area contributed by atoms with Crippen LogP contribution < -0.4 is 14.8 Å². The van der Waals surface area contributed by atoms with Gasteiger partial charge in [0.2, 0.25) is 6.79 Å². The van der Waals surface area contributed by atoms with Crippen LogP contribution in [-0.4, -0.2) is 25.7 Å². The van der Waals surface area contributed by atoms with Crippen molar-refractivity contribution in [3.63, 3.8) is 0 Å². The van der Waals surface area contributed by atoms with Crippen LogP contribution in [-0.2, 0) is 14.3 Å². The molecule has 0 amide bonds. The van der Waals surface area contributed by atoms with Gasteiger partial charge in [0, 0.05) is 33.4 Å². The second kappa shape index (κ2) is 6.65. The van der Waals surface area contributed by atoms with Gasteiger partial charge in [-0.2, -0.15) is 0 Å². The van der Waals surface area contributed by atoms with Gasteiger partial charge >= 0.3 is 5.97 Å². The molecular weight excluding hydrogens is 426 g/mol. The van der Waals surface area contributed by atoms with Gasteiger partial charge in [0.1, 0.15) is 0 Å². The Bertz CT molecular complexity index is 960. The van der Waals surface area contributed by atoms with E-state index < -0.39 is 11.9 Å². The number of halogens is 1. The summed E-state index contributed by atoms with van der Waals surface area (Å²) in [5.74, 6) is 0.131. The Hall–Kier alpha value is -2.28. The molecule has 0 aromatic heterocycles. The van der Waals surface area contributed by atoms with Gasteiger partial charge in [-0.15, -0.1) is 0 Å². The van der Waals surface area contributed by atoms with Gasteiger partial charge in [0.25, 0.3) is 0 Å². The molecule has 7 heteroatoms. The standard InChI is InChI=1S/C21H22BrNO5/c1-10-15(20(25)26-4)18(16-11(22)5-6-14-19(16)28-9-27-14)17-12(23-10)7-21(2,3)8-13(17)24/h5-6,18,23H,7-9H2,1-4H3. The number of ether oxygens (including phenoxy) is 3. The number of dihydropyridines is 1. The zero-order chi connectivity index (χ0) is 20.2. The zero-order valence-electron chi connectivity index (χ0n) is 16.3. The van der Waals surface area contributed by atoms with Crippen molar-refractivity contribution in [2.75, 3.05) is 13.9 Å². The quantitative estimate of drug-likeness (QED) is 0.691. The highest BCUT2D eigenvalue weighted by molar-refractivity contribution is 9.10. The number of nitrogens with one attached hydrogen (secondary N) is 1. The molecule has 2 aliphatic heterocycles. The first-order valence-electron chi connectivity index (χ1n) is 9.14. The molecule has 28 heavy (non-hydrogen) atoms. The minimum Gasteiger partial charge on any atom is -0.466 e. The van der Waals surface area contributed by atoms with Gasteiger partial charge in [-0.25, -0.2) is 4.79 Å². The lowest BCUT2D eigenvalue weighted by atomic mass is 9.68. The van der Waals surface area contributed by atoms with Crippen LogP contribution in [0.15, 0.2) is 39.1 Å². The van der Waals surface area contributed by atoms with Crippen LogP contribution in [0.2, 0.25) is 0 Å². The van der Waals surface area contributed by atoms with E-state index >= 15 is 0 Å². The average Bonchev–Trinajstić information content (AvgIpc) is 3.07. The molecule has 0 bridgehead atoms. The first kappa shape index (κ1) is 19.1. The van der Waals surface area contributed by atoms with E-state index in [-0.39, 0.29) is 18.0 Å². The third-order valence-electron chi connectivity index (χ3n) is 5.46. The van der Waals surface area contributed by atoms with Crippen LogP contribution in [0.3, 0.4) is 0 Å². The number of rotatable bonds is 2. The average molecular weight is 448 g/mol. The molecule has 1 unspecified atom stereocenters. The van der Waals surface area contributed by atoms with Crippen LogP contribution in [0.4, 0.5) is 0 Å². The molecule has 0 fully saturated rings. The van der Waals surface area contributed by atoms with Gasteiger partial charge in [-0.3, -0.25) is 4.79 Å². The zero-order valence-corrected chi connectivity index (χ0v) is 17.9. The predicted molar refractivity (Wildman–Crippen MR) is 106 cm³/mol. The second-order valence-corrected chi connectivity index (χ2v) is 8.97. The van der Waals surface area contributed by atoms with Crippen molar-refractivity contribution in [3.05, 3.63) is 44.7 Å². The molecule has 6 nitrogen and oxygen atoms in total. The van der Waals surface area contributed by atoms with E-state index in [0.717, 1.165) is 22.2 Å². The van der Waals surface area contributed by atoms with E-state index in [1.54, 1.807) is 0 Å². The number of fused-ring (bicyclic) bond motifs is 1. The van der Waals surface area contributed by atoms with Gasteiger partial charge in [-0.1, -0.05) is 29.8 Å². The summed E-state index contributed by atoms with van der Waals surface area (Å²) in [5.41, 5.74) is 3.14. The maximum Gasteiger partial charge on any atom is 0.336 e. The number of methoxy groups -OCH3 is 1. The molecule has 1 atom stereocenters. The topological polar surface area (TPSA) is 73.9 Å². The summed E-state index contributed by atoms with van der Waals surface area (Å²) in [5, 5.41) is 3.31. The Labute approximate surface area is 172 Å². The Morgan fingerprint density at radius 2 is 2.04 bits per heavy atom. The van der Waals surface area contributed by atoms with Crippen LogP contribution in [0, 0.1) is 5.41 Å².